The van der Waals surface area contributed by atoms with Crippen LogP contribution in [0.15, 0.2) is 12.3 Å². The maximum absolute atomic E-state index is 11.7. The standard InChI is InChI=1S/C14H20N4O3S/c1-22(20,21)9-13(19)16-11-5-7-18(8-11)14-15-6-4-12(17-14)10-2-3-10/h4,6,10-11H,2-3,5,7-9H2,1H3,(H,16,19). The Kier molecular flexibility index (Phi) is 4.03. The third-order valence-electron chi connectivity index (χ3n) is 3.89. The lowest BCUT2D eigenvalue weighted by Crippen LogP contribution is -2.40. The van der Waals surface area contributed by atoms with Crippen LogP contribution in [0.25, 0.3) is 0 Å². The van der Waals surface area contributed by atoms with Gasteiger partial charge in [0.1, 0.15) is 5.75 Å². The minimum absolute atomic E-state index is 0.0533. The van der Waals surface area contributed by atoms with Crippen LogP contribution in [0, 0.1) is 0 Å². The summed E-state index contributed by atoms with van der Waals surface area (Å²) in [5, 5.41) is 2.77. The Labute approximate surface area is 130 Å². The number of amides is 1. The number of carbonyl (C=O) groups excluding carboxylic acids is 1. The summed E-state index contributed by atoms with van der Waals surface area (Å²) in [6.45, 7) is 1.38. The lowest BCUT2D eigenvalue weighted by Gasteiger charge is -2.17. The van der Waals surface area contributed by atoms with E-state index in [2.05, 4.69) is 15.3 Å². The molecule has 120 valence electrons. The van der Waals surface area contributed by atoms with E-state index in [4.69, 9.17) is 0 Å². The molecular weight excluding hydrogens is 304 g/mol. The smallest absolute Gasteiger partial charge is 0.235 e. The molecular formula is C14H20N4O3S. The highest BCUT2D eigenvalue weighted by molar-refractivity contribution is 7.91. The molecule has 2 aliphatic rings. The molecule has 1 amide bonds. The summed E-state index contributed by atoms with van der Waals surface area (Å²) >= 11 is 0. The van der Waals surface area contributed by atoms with E-state index in [-0.39, 0.29) is 6.04 Å². The molecule has 0 spiro atoms. The van der Waals surface area contributed by atoms with Gasteiger partial charge in [0.2, 0.25) is 11.9 Å². The Morgan fingerprint density at radius 2 is 2.18 bits per heavy atom. The number of sulfone groups is 1. The van der Waals surface area contributed by atoms with E-state index in [1.807, 2.05) is 11.0 Å². The van der Waals surface area contributed by atoms with Crippen molar-refractivity contribution < 1.29 is 13.2 Å². The van der Waals surface area contributed by atoms with Crippen LogP contribution in [0.1, 0.15) is 30.9 Å². The van der Waals surface area contributed by atoms with Crippen molar-refractivity contribution in [3.05, 3.63) is 18.0 Å². The first-order valence-corrected chi connectivity index (χ1v) is 9.52. The Bertz CT molecular complexity index is 672. The SMILES string of the molecule is CS(=O)(=O)CC(=O)NC1CCN(c2nccc(C3CC3)n2)C1. The quantitative estimate of drug-likeness (QED) is 0.825. The number of hydrogen-bond donors (Lipinski definition) is 1. The van der Waals surface area contributed by atoms with E-state index < -0.39 is 21.5 Å². The third kappa shape index (κ3) is 3.94. The van der Waals surface area contributed by atoms with Gasteiger partial charge in [-0.25, -0.2) is 18.4 Å². The Balaban J connectivity index is 1.58. The fraction of sp³-hybridized carbons (Fsp3) is 0.643. The molecule has 2 fully saturated rings. The predicted octanol–water partition coefficient (Wildman–Crippen LogP) is 0.0935. The summed E-state index contributed by atoms with van der Waals surface area (Å²) < 4.78 is 22.2. The molecule has 1 saturated heterocycles. The van der Waals surface area contributed by atoms with E-state index in [1.165, 1.54) is 12.8 Å². The van der Waals surface area contributed by atoms with Crippen molar-refractivity contribution in [2.24, 2.45) is 0 Å². The molecule has 0 bridgehead atoms. The van der Waals surface area contributed by atoms with E-state index in [0.29, 0.717) is 18.4 Å². The molecule has 3 rings (SSSR count). The van der Waals surface area contributed by atoms with Gasteiger partial charge in [-0.05, 0) is 25.3 Å². The van der Waals surface area contributed by atoms with Gasteiger partial charge in [-0.15, -0.1) is 0 Å². The molecule has 7 nitrogen and oxygen atoms in total. The van der Waals surface area contributed by atoms with Crippen molar-refractivity contribution in [1.82, 2.24) is 15.3 Å². The second-order valence-corrected chi connectivity index (χ2v) is 8.27. The third-order valence-corrected chi connectivity index (χ3v) is 4.68. The van der Waals surface area contributed by atoms with Crippen molar-refractivity contribution in [2.75, 3.05) is 30.0 Å². The van der Waals surface area contributed by atoms with Gasteiger partial charge in [-0.3, -0.25) is 4.79 Å². The topological polar surface area (TPSA) is 92.3 Å². The molecule has 1 aromatic heterocycles. The normalized spacial score (nSPS) is 21.9. The second kappa shape index (κ2) is 5.83. The lowest BCUT2D eigenvalue weighted by atomic mass is 10.2. The van der Waals surface area contributed by atoms with Crippen LogP contribution in [0.5, 0.6) is 0 Å². The number of anilines is 1. The van der Waals surface area contributed by atoms with E-state index in [1.54, 1.807) is 6.20 Å². The van der Waals surface area contributed by atoms with Gasteiger partial charge in [0.15, 0.2) is 9.84 Å². The zero-order valence-corrected chi connectivity index (χ0v) is 13.3. The average molecular weight is 324 g/mol. The summed E-state index contributed by atoms with van der Waals surface area (Å²) in [7, 11) is -3.29. The fourth-order valence-corrected chi connectivity index (χ4v) is 3.25. The van der Waals surface area contributed by atoms with Gasteiger partial charge in [0.05, 0.1) is 0 Å². The molecule has 1 aliphatic carbocycles. The minimum atomic E-state index is -3.29. The van der Waals surface area contributed by atoms with Gasteiger partial charge in [0, 0.05) is 43.2 Å². The van der Waals surface area contributed by atoms with Crippen LogP contribution in [-0.2, 0) is 14.6 Å². The number of aromatic nitrogens is 2. The molecule has 1 N–H and O–H groups in total. The van der Waals surface area contributed by atoms with Crippen LogP contribution >= 0.6 is 0 Å². The fourth-order valence-electron chi connectivity index (χ4n) is 2.69. The summed E-state index contributed by atoms with van der Waals surface area (Å²) in [5.74, 6) is 0.373. The number of nitrogens with one attached hydrogen (secondary N) is 1. The maximum atomic E-state index is 11.7. The van der Waals surface area contributed by atoms with Gasteiger partial charge in [0.25, 0.3) is 0 Å². The molecule has 0 radical (unpaired) electrons. The molecule has 8 heteroatoms. The molecule has 1 unspecified atom stereocenters. The highest BCUT2D eigenvalue weighted by Gasteiger charge is 2.29. The molecule has 22 heavy (non-hydrogen) atoms. The summed E-state index contributed by atoms with van der Waals surface area (Å²) in [5.41, 5.74) is 1.09. The van der Waals surface area contributed by atoms with E-state index in [9.17, 15) is 13.2 Å². The van der Waals surface area contributed by atoms with Crippen LogP contribution in [0.4, 0.5) is 5.95 Å². The van der Waals surface area contributed by atoms with Gasteiger partial charge in [-0.1, -0.05) is 0 Å². The molecule has 2 heterocycles. The highest BCUT2D eigenvalue weighted by Crippen LogP contribution is 2.39. The minimum Gasteiger partial charge on any atom is -0.351 e. The Hall–Kier alpha value is -1.70. The van der Waals surface area contributed by atoms with Crippen molar-refractivity contribution >= 4 is 21.7 Å². The first kappa shape index (κ1) is 15.2. The largest absolute Gasteiger partial charge is 0.351 e. The van der Waals surface area contributed by atoms with Gasteiger partial charge in [-0.2, -0.15) is 0 Å². The molecule has 1 atom stereocenters. The first-order chi connectivity index (χ1) is 10.4. The number of hydrogen-bond acceptors (Lipinski definition) is 6. The summed E-state index contributed by atoms with van der Waals surface area (Å²) in [4.78, 5) is 22.6. The van der Waals surface area contributed by atoms with Gasteiger partial charge < -0.3 is 10.2 Å². The molecule has 1 saturated carbocycles. The number of rotatable bonds is 5. The highest BCUT2D eigenvalue weighted by atomic mass is 32.2. The number of carbonyl (C=O) groups is 1. The van der Waals surface area contributed by atoms with Crippen LogP contribution in [-0.4, -0.2) is 55.4 Å². The van der Waals surface area contributed by atoms with Crippen LogP contribution in [0.3, 0.4) is 0 Å². The van der Waals surface area contributed by atoms with E-state index in [0.717, 1.165) is 24.9 Å². The molecule has 1 aromatic rings. The van der Waals surface area contributed by atoms with E-state index >= 15 is 0 Å². The zero-order valence-electron chi connectivity index (χ0n) is 12.5. The second-order valence-electron chi connectivity index (χ2n) is 6.12. The van der Waals surface area contributed by atoms with Crippen molar-refractivity contribution in [3.63, 3.8) is 0 Å². The molecule has 0 aromatic carbocycles. The Morgan fingerprint density at radius 1 is 1.41 bits per heavy atom. The molecule has 1 aliphatic heterocycles. The summed E-state index contributed by atoms with van der Waals surface area (Å²) in [6, 6.07) is 1.91. The Morgan fingerprint density at radius 3 is 2.86 bits per heavy atom. The first-order valence-electron chi connectivity index (χ1n) is 7.46. The predicted molar refractivity (Wildman–Crippen MR) is 82.5 cm³/mol. The number of nitrogens with zero attached hydrogens (tertiary/aromatic N) is 3. The van der Waals surface area contributed by atoms with Crippen molar-refractivity contribution in [3.8, 4) is 0 Å². The average Bonchev–Trinajstić information content (AvgIpc) is 3.18. The van der Waals surface area contributed by atoms with Crippen LogP contribution in [0.2, 0.25) is 0 Å². The zero-order chi connectivity index (χ0) is 15.7. The van der Waals surface area contributed by atoms with Crippen molar-refractivity contribution in [2.45, 2.75) is 31.2 Å². The maximum Gasteiger partial charge on any atom is 0.235 e. The lowest BCUT2D eigenvalue weighted by molar-refractivity contribution is -0.119. The van der Waals surface area contributed by atoms with Crippen molar-refractivity contribution in [1.29, 1.82) is 0 Å². The monoisotopic (exact) mass is 324 g/mol. The summed E-state index contributed by atoms with van der Waals surface area (Å²) in [6.07, 6.45) is 6.00. The van der Waals surface area contributed by atoms with Crippen LogP contribution < -0.4 is 10.2 Å². The van der Waals surface area contributed by atoms with Gasteiger partial charge >= 0.3 is 0 Å².